The molecule has 34 heavy (non-hydrogen) atoms. The van der Waals surface area contributed by atoms with Crippen molar-refractivity contribution in [1.82, 2.24) is 14.8 Å². The maximum Gasteiger partial charge on any atom is 0.235 e. The van der Waals surface area contributed by atoms with Crippen LogP contribution in [0.4, 0.5) is 5.00 Å². The number of amides is 1. The van der Waals surface area contributed by atoms with E-state index < -0.39 is 0 Å². The van der Waals surface area contributed by atoms with Crippen LogP contribution in [0.25, 0.3) is 0 Å². The fourth-order valence-corrected chi connectivity index (χ4v) is 7.41. The topological polar surface area (TPSA) is 83.6 Å². The van der Waals surface area contributed by atoms with Gasteiger partial charge >= 0.3 is 0 Å². The van der Waals surface area contributed by atoms with Crippen molar-refractivity contribution in [2.45, 2.75) is 55.8 Å². The molecule has 1 aromatic carbocycles. The number of aryl methyl sites for hydroxylation is 1. The molecule has 6 nitrogen and oxygen atoms in total. The van der Waals surface area contributed by atoms with Crippen molar-refractivity contribution in [1.29, 1.82) is 5.26 Å². The predicted octanol–water partition coefficient (Wildman–Crippen LogP) is 6.58. The Morgan fingerprint density at radius 3 is 2.85 bits per heavy atom. The van der Waals surface area contributed by atoms with Gasteiger partial charge in [0.05, 0.1) is 17.1 Å². The van der Waals surface area contributed by atoms with Crippen molar-refractivity contribution >= 4 is 69.0 Å². The molecule has 3 aromatic rings. The third kappa shape index (κ3) is 5.92. The zero-order valence-electron chi connectivity index (χ0n) is 18.6. The van der Waals surface area contributed by atoms with Crippen molar-refractivity contribution in [2.75, 3.05) is 11.1 Å². The van der Waals surface area contributed by atoms with E-state index in [9.17, 15) is 10.1 Å². The Bertz CT molecular complexity index is 1230. The molecule has 0 bridgehead atoms. The number of benzene rings is 1. The van der Waals surface area contributed by atoms with Gasteiger partial charge in [0.2, 0.25) is 5.91 Å². The average Bonchev–Trinajstić information content (AvgIpc) is 3.38. The van der Waals surface area contributed by atoms with Crippen molar-refractivity contribution in [3.05, 3.63) is 55.6 Å². The van der Waals surface area contributed by atoms with Crippen LogP contribution in [0, 0.1) is 11.3 Å². The van der Waals surface area contributed by atoms with Crippen molar-refractivity contribution < 1.29 is 4.79 Å². The molecule has 0 fully saturated rings. The van der Waals surface area contributed by atoms with E-state index in [2.05, 4.69) is 21.6 Å². The maximum absolute atomic E-state index is 12.6. The van der Waals surface area contributed by atoms with Crippen LogP contribution in [0.1, 0.15) is 47.2 Å². The number of nitrogens with one attached hydrogen (secondary N) is 1. The normalized spacial score (nSPS) is 12.9. The fourth-order valence-electron chi connectivity index (χ4n) is 3.81. The number of fused-ring (bicyclic) bond motifs is 1. The van der Waals surface area contributed by atoms with Crippen molar-refractivity contribution in [3.63, 3.8) is 0 Å². The zero-order chi connectivity index (χ0) is 24.1. The number of anilines is 1. The highest BCUT2D eigenvalue weighted by Crippen LogP contribution is 2.37. The number of aromatic nitrogens is 3. The van der Waals surface area contributed by atoms with Crippen LogP contribution in [0.2, 0.25) is 10.0 Å². The second kappa shape index (κ2) is 11.8. The number of thiophene rings is 1. The van der Waals surface area contributed by atoms with Gasteiger partial charge in [-0.3, -0.25) is 4.79 Å². The minimum absolute atomic E-state index is 0.140. The van der Waals surface area contributed by atoms with Crippen LogP contribution in [0.5, 0.6) is 0 Å². The Morgan fingerprint density at radius 2 is 2.09 bits per heavy atom. The molecule has 0 aliphatic heterocycles. The number of hydrogen-bond acceptors (Lipinski definition) is 7. The monoisotopic (exact) mass is 551 g/mol. The minimum atomic E-state index is -0.140. The Balaban J connectivity index is 1.33. The molecule has 2 heterocycles. The smallest absolute Gasteiger partial charge is 0.235 e. The van der Waals surface area contributed by atoms with Gasteiger partial charge in [-0.2, -0.15) is 5.26 Å². The number of carbonyl (C=O) groups excluding carboxylic acids is 1. The van der Waals surface area contributed by atoms with E-state index in [0.29, 0.717) is 38.1 Å². The van der Waals surface area contributed by atoms with E-state index >= 15 is 0 Å². The molecule has 0 atom stereocenters. The summed E-state index contributed by atoms with van der Waals surface area (Å²) in [5.74, 6) is 2.35. The fraction of sp³-hybridized carbons (Fsp3) is 0.391. The lowest BCUT2D eigenvalue weighted by Crippen LogP contribution is -2.14. The minimum Gasteiger partial charge on any atom is -0.316 e. The molecule has 1 N–H and O–H groups in total. The van der Waals surface area contributed by atoms with Gasteiger partial charge in [0.1, 0.15) is 16.9 Å². The molecule has 0 unspecified atom stereocenters. The standard InChI is InChI=1S/C23H23Cl2N5OS3/c1-2-30-20(12-32-11-14-7-8-15(24)9-18(14)25)28-29-23(30)33-13-21(31)27-22-17(10-26)16-5-3-4-6-19(16)34-22/h7-9H,2-6,11-13H2,1H3,(H,27,31). The van der Waals surface area contributed by atoms with Crippen molar-refractivity contribution in [3.8, 4) is 6.07 Å². The van der Waals surface area contributed by atoms with Gasteiger partial charge < -0.3 is 9.88 Å². The molecular formula is C23H23Cl2N5OS3. The first kappa shape index (κ1) is 25.4. The Labute approximate surface area is 221 Å². The number of nitrogens with zero attached hydrogens (tertiary/aromatic N) is 4. The molecule has 1 amide bonds. The van der Waals surface area contributed by atoms with E-state index in [1.807, 2.05) is 23.6 Å². The third-order valence-corrected chi connectivity index (χ3v) is 9.22. The molecule has 1 aliphatic rings. The van der Waals surface area contributed by atoms with Gasteiger partial charge in [-0.1, -0.05) is 41.0 Å². The van der Waals surface area contributed by atoms with Crippen LogP contribution in [-0.4, -0.2) is 26.4 Å². The molecule has 2 aromatic heterocycles. The predicted molar refractivity (Wildman–Crippen MR) is 142 cm³/mol. The summed E-state index contributed by atoms with van der Waals surface area (Å²) in [6, 6.07) is 7.81. The molecule has 178 valence electrons. The average molecular weight is 553 g/mol. The number of thioether (sulfide) groups is 2. The molecule has 0 spiro atoms. The number of halogens is 2. The van der Waals surface area contributed by atoms with Gasteiger partial charge in [0.15, 0.2) is 5.16 Å². The first-order valence-corrected chi connectivity index (χ1v) is 14.6. The lowest BCUT2D eigenvalue weighted by Gasteiger charge is -2.09. The van der Waals surface area contributed by atoms with Crippen LogP contribution in [0.15, 0.2) is 23.4 Å². The lowest BCUT2D eigenvalue weighted by molar-refractivity contribution is -0.113. The molecule has 4 rings (SSSR count). The van der Waals surface area contributed by atoms with Gasteiger partial charge in [-0.05, 0) is 55.9 Å². The SMILES string of the molecule is CCn1c(CSCc2ccc(Cl)cc2Cl)nnc1SCC(=O)Nc1sc2c(c1C#N)CCCC2. The first-order valence-electron chi connectivity index (χ1n) is 10.9. The van der Waals surface area contributed by atoms with Gasteiger partial charge in [0, 0.05) is 27.2 Å². The second-order valence-electron chi connectivity index (χ2n) is 7.74. The number of hydrogen-bond donors (Lipinski definition) is 1. The van der Waals surface area contributed by atoms with E-state index in [0.717, 1.165) is 48.4 Å². The summed E-state index contributed by atoms with van der Waals surface area (Å²) in [5, 5.41) is 23.8. The summed E-state index contributed by atoms with van der Waals surface area (Å²) in [4.78, 5) is 13.9. The van der Waals surface area contributed by atoms with E-state index in [4.69, 9.17) is 23.2 Å². The molecule has 1 aliphatic carbocycles. The highest BCUT2D eigenvalue weighted by atomic mass is 35.5. The van der Waals surface area contributed by atoms with E-state index in [-0.39, 0.29) is 11.7 Å². The van der Waals surface area contributed by atoms with E-state index in [1.54, 1.807) is 29.2 Å². The maximum atomic E-state index is 12.6. The van der Waals surface area contributed by atoms with Gasteiger partial charge in [-0.15, -0.1) is 33.3 Å². The highest BCUT2D eigenvalue weighted by molar-refractivity contribution is 7.99. The van der Waals surface area contributed by atoms with Crippen LogP contribution in [-0.2, 0) is 35.7 Å². The highest BCUT2D eigenvalue weighted by Gasteiger charge is 2.22. The quantitative estimate of drug-likeness (QED) is 0.302. The number of carbonyl (C=O) groups is 1. The summed E-state index contributed by atoms with van der Waals surface area (Å²) in [6.07, 6.45) is 4.15. The second-order valence-corrected chi connectivity index (χ2v) is 11.6. The lowest BCUT2D eigenvalue weighted by atomic mass is 9.96. The first-order chi connectivity index (χ1) is 16.5. The largest absolute Gasteiger partial charge is 0.316 e. The summed E-state index contributed by atoms with van der Waals surface area (Å²) in [6.45, 7) is 2.75. The molecular weight excluding hydrogens is 529 g/mol. The Kier molecular flexibility index (Phi) is 8.83. The third-order valence-electron chi connectivity index (χ3n) is 5.48. The number of nitriles is 1. The summed E-state index contributed by atoms with van der Waals surface area (Å²) >= 11 is 16.8. The molecule has 0 radical (unpaired) electrons. The van der Waals surface area contributed by atoms with Crippen LogP contribution in [0.3, 0.4) is 0 Å². The molecule has 0 saturated carbocycles. The van der Waals surface area contributed by atoms with Crippen LogP contribution < -0.4 is 5.32 Å². The Hall–Kier alpha value is -1.70. The molecule has 11 heteroatoms. The zero-order valence-corrected chi connectivity index (χ0v) is 22.5. The van der Waals surface area contributed by atoms with Crippen molar-refractivity contribution in [2.24, 2.45) is 0 Å². The van der Waals surface area contributed by atoms with Gasteiger partial charge in [0.25, 0.3) is 0 Å². The Morgan fingerprint density at radius 1 is 1.26 bits per heavy atom. The molecule has 0 saturated heterocycles. The number of rotatable bonds is 9. The van der Waals surface area contributed by atoms with E-state index in [1.165, 1.54) is 16.6 Å². The van der Waals surface area contributed by atoms with Crippen LogP contribution >= 0.6 is 58.1 Å². The summed E-state index contributed by atoms with van der Waals surface area (Å²) < 4.78 is 2.03. The summed E-state index contributed by atoms with van der Waals surface area (Å²) in [7, 11) is 0. The summed E-state index contributed by atoms with van der Waals surface area (Å²) in [5.41, 5.74) is 2.78. The van der Waals surface area contributed by atoms with Gasteiger partial charge in [-0.25, -0.2) is 0 Å².